The number of alkyl halides is 3. The molecule has 130 valence electrons. The molecule has 0 fully saturated rings. The SMILES string of the molecule is C=C(C)C[C@H](NC(=O)OCC(Cl)(Cl)Cl)P(=O)(OCC)OCC. The van der Waals surface area contributed by atoms with E-state index in [4.69, 9.17) is 48.6 Å². The van der Waals surface area contributed by atoms with E-state index in [1.165, 1.54) is 0 Å². The predicted molar refractivity (Wildman–Crippen MR) is 88.9 cm³/mol. The predicted octanol–water partition coefficient (Wildman–Crippen LogP) is 4.64. The summed E-state index contributed by atoms with van der Waals surface area (Å²) in [6.45, 7) is 8.68. The molecule has 0 aliphatic carbocycles. The van der Waals surface area contributed by atoms with Crippen molar-refractivity contribution in [3.05, 3.63) is 12.2 Å². The van der Waals surface area contributed by atoms with E-state index < -0.39 is 29.9 Å². The van der Waals surface area contributed by atoms with Crippen LogP contribution in [0.25, 0.3) is 0 Å². The van der Waals surface area contributed by atoms with E-state index >= 15 is 0 Å². The average molecular weight is 397 g/mol. The van der Waals surface area contributed by atoms with Crippen molar-refractivity contribution in [2.24, 2.45) is 0 Å². The van der Waals surface area contributed by atoms with E-state index in [0.717, 1.165) is 0 Å². The minimum Gasteiger partial charge on any atom is -0.445 e. The summed E-state index contributed by atoms with van der Waals surface area (Å²) in [5.41, 5.74) is 0.686. The number of carbonyl (C=O) groups excluding carboxylic acids is 1. The van der Waals surface area contributed by atoms with Crippen molar-refractivity contribution in [3.8, 4) is 0 Å². The summed E-state index contributed by atoms with van der Waals surface area (Å²) in [5.74, 6) is -0.937. The zero-order valence-corrected chi connectivity index (χ0v) is 15.9. The molecule has 6 nitrogen and oxygen atoms in total. The van der Waals surface area contributed by atoms with Gasteiger partial charge in [0.1, 0.15) is 12.4 Å². The largest absolute Gasteiger partial charge is 0.445 e. The topological polar surface area (TPSA) is 73.9 Å². The molecule has 0 saturated heterocycles. The van der Waals surface area contributed by atoms with E-state index in [0.29, 0.717) is 5.57 Å². The van der Waals surface area contributed by atoms with Gasteiger partial charge in [-0.2, -0.15) is 0 Å². The Bertz CT molecular complexity index is 417. The minimum absolute atomic E-state index is 0.162. The van der Waals surface area contributed by atoms with Crippen LogP contribution in [0.1, 0.15) is 27.2 Å². The molecule has 0 saturated carbocycles. The van der Waals surface area contributed by atoms with Gasteiger partial charge in [0.15, 0.2) is 0 Å². The summed E-state index contributed by atoms with van der Waals surface area (Å²) in [4.78, 5) is 11.8. The summed E-state index contributed by atoms with van der Waals surface area (Å²) in [7, 11) is -3.57. The smallest absolute Gasteiger partial charge is 0.408 e. The molecule has 0 unspecified atom stereocenters. The first-order valence-corrected chi connectivity index (χ1v) is 9.31. The van der Waals surface area contributed by atoms with Crippen molar-refractivity contribution in [1.29, 1.82) is 0 Å². The third kappa shape index (κ3) is 9.23. The van der Waals surface area contributed by atoms with Crippen LogP contribution in [0.3, 0.4) is 0 Å². The molecule has 0 aromatic heterocycles. The van der Waals surface area contributed by atoms with Gasteiger partial charge in [-0.3, -0.25) is 4.57 Å². The second kappa shape index (κ2) is 10.0. The Kier molecular flexibility index (Phi) is 10.0. The number of hydrogen-bond acceptors (Lipinski definition) is 5. The molecule has 1 N–H and O–H groups in total. The number of halogens is 3. The van der Waals surface area contributed by atoms with Crippen LogP contribution in [0.2, 0.25) is 0 Å². The Morgan fingerprint density at radius 3 is 2.14 bits per heavy atom. The van der Waals surface area contributed by atoms with Gasteiger partial charge in [-0.25, -0.2) is 4.79 Å². The van der Waals surface area contributed by atoms with Crippen molar-refractivity contribution in [2.75, 3.05) is 19.8 Å². The molecule has 0 bridgehead atoms. The Morgan fingerprint density at radius 1 is 1.27 bits per heavy atom. The van der Waals surface area contributed by atoms with Gasteiger partial charge in [-0.15, -0.1) is 6.58 Å². The van der Waals surface area contributed by atoms with Gasteiger partial charge in [-0.1, -0.05) is 40.4 Å². The lowest BCUT2D eigenvalue weighted by atomic mass is 10.2. The Hall–Kier alpha value is 0.0300. The van der Waals surface area contributed by atoms with Crippen LogP contribution in [0.4, 0.5) is 4.79 Å². The maximum Gasteiger partial charge on any atom is 0.408 e. The summed E-state index contributed by atoms with van der Waals surface area (Å²) in [5, 5.41) is 2.42. The highest BCUT2D eigenvalue weighted by atomic mass is 35.6. The highest BCUT2D eigenvalue weighted by Gasteiger charge is 2.37. The lowest BCUT2D eigenvalue weighted by Gasteiger charge is -2.27. The molecule has 0 aliphatic rings. The molecule has 0 aromatic carbocycles. The van der Waals surface area contributed by atoms with Crippen molar-refractivity contribution < 1.29 is 23.1 Å². The average Bonchev–Trinajstić information content (AvgIpc) is 2.35. The van der Waals surface area contributed by atoms with Gasteiger partial charge in [-0.05, 0) is 27.2 Å². The van der Waals surface area contributed by atoms with E-state index in [1.807, 2.05) is 0 Å². The van der Waals surface area contributed by atoms with Crippen LogP contribution in [-0.2, 0) is 18.3 Å². The van der Waals surface area contributed by atoms with Gasteiger partial charge < -0.3 is 19.1 Å². The quantitative estimate of drug-likeness (QED) is 0.349. The molecule has 22 heavy (non-hydrogen) atoms. The maximum atomic E-state index is 12.8. The minimum atomic E-state index is -3.57. The van der Waals surface area contributed by atoms with E-state index in [2.05, 4.69) is 11.9 Å². The molecule has 1 atom stereocenters. The Morgan fingerprint density at radius 2 is 1.77 bits per heavy atom. The van der Waals surface area contributed by atoms with Crippen molar-refractivity contribution in [1.82, 2.24) is 5.32 Å². The number of nitrogens with one attached hydrogen (secondary N) is 1. The number of rotatable bonds is 9. The normalized spacial score (nSPS) is 13.5. The first kappa shape index (κ1) is 22.0. The van der Waals surface area contributed by atoms with E-state index in [9.17, 15) is 9.36 Å². The molecular formula is C12H21Cl3NO5P. The van der Waals surface area contributed by atoms with Gasteiger partial charge in [0.25, 0.3) is 0 Å². The highest BCUT2D eigenvalue weighted by molar-refractivity contribution is 7.54. The second-order valence-electron chi connectivity index (χ2n) is 4.39. The van der Waals surface area contributed by atoms with Gasteiger partial charge >= 0.3 is 13.7 Å². The maximum absolute atomic E-state index is 12.8. The van der Waals surface area contributed by atoms with Crippen LogP contribution in [0, 0.1) is 0 Å². The van der Waals surface area contributed by atoms with Crippen LogP contribution < -0.4 is 5.32 Å². The first-order valence-electron chi connectivity index (χ1n) is 6.57. The fourth-order valence-corrected chi connectivity index (χ4v) is 3.59. The van der Waals surface area contributed by atoms with Crippen molar-refractivity contribution >= 4 is 48.5 Å². The first-order chi connectivity index (χ1) is 10.0. The van der Waals surface area contributed by atoms with Crippen LogP contribution >= 0.6 is 42.4 Å². The molecule has 0 spiro atoms. The summed E-state index contributed by atoms with van der Waals surface area (Å²) < 4.78 is 26.2. The van der Waals surface area contributed by atoms with Crippen molar-refractivity contribution in [3.63, 3.8) is 0 Å². The van der Waals surface area contributed by atoms with E-state index in [1.54, 1.807) is 20.8 Å². The number of alkyl carbamates (subject to hydrolysis) is 1. The summed E-state index contributed by atoms with van der Waals surface area (Å²) >= 11 is 16.5. The van der Waals surface area contributed by atoms with Gasteiger partial charge in [0.05, 0.1) is 13.2 Å². The molecule has 0 aromatic rings. The summed E-state index contributed by atoms with van der Waals surface area (Å²) in [6.07, 6.45) is -0.697. The lowest BCUT2D eigenvalue weighted by molar-refractivity contribution is 0.142. The van der Waals surface area contributed by atoms with Crippen molar-refractivity contribution in [2.45, 2.75) is 36.8 Å². The van der Waals surface area contributed by atoms with Gasteiger partial charge in [0.2, 0.25) is 3.79 Å². The number of hydrogen-bond donors (Lipinski definition) is 1. The second-order valence-corrected chi connectivity index (χ2v) is 9.12. The fourth-order valence-electron chi connectivity index (χ4n) is 1.47. The third-order valence-corrected chi connectivity index (χ3v) is 4.83. The number of carbonyl (C=O) groups is 1. The monoisotopic (exact) mass is 395 g/mol. The van der Waals surface area contributed by atoms with Crippen LogP contribution in [-0.4, -0.2) is 35.5 Å². The number of amides is 1. The Balaban J connectivity index is 4.99. The standard InChI is InChI=1S/C12H21Cl3NO5P/c1-5-20-22(18,21-6-2)10(7-9(3)4)16-11(17)19-8-12(13,14)15/h10H,3,5-8H2,1-2,4H3,(H,16,17)/t10-/m1/s1. The molecule has 1 amide bonds. The van der Waals surface area contributed by atoms with Crippen LogP contribution in [0.5, 0.6) is 0 Å². The fraction of sp³-hybridized carbons (Fsp3) is 0.750. The molecule has 0 heterocycles. The molecular weight excluding hydrogens is 375 g/mol. The molecule has 10 heteroatoms. The Labute approximate surface area is 145 Å². The van der Waals surface area contributed by atoms with E-state index in [-0.39, 0.29) is 19.6 Å². The third-order valence-electron chi connectivity index (χ3n) is 2.19. The number of ether oxygens (including phenoxy) is 1. The van der Waals surface area contributed by atoms with Crippen LogP contribution in [0.15, 0.2) is 12.2 Å². The zero-order chi connectivity index (χ0) is 17.4. The van der Waals surface area contributed by atoms with Gasteiger partial charge in [0, 0.05) is 0 Å². The molecule has 0 rings (SSSR count). The molecule has 0 radical (unpaired) electrons. The lowest BCUT2D eigenvalue weighted by Crippen LogP contribution is -2.37. The molecule has 0 aliphatic heterocycles. The zero-order valence-electron chi connectivity index (χ0n) is 12.7. The summed E-state index contributed by atoms with van der Waals surface area (Å²) in [6, 6.07) is 0. The highest BCUT2D eigenvalue weighted by Crippen LogP contribution is 2.53.